The van der Waals surface area contributed by atoms with Crippen molar-refractivity contribution in [1.82, 2.24) is 10.3 Å². The second-order valence-electron chi connectivity index (χ2n) is 5.16. The molecular weight excluding hydrogens is 341 g/mol. The van der Waals surface area contributed by atoms with Crippen LogP contribution in [0, 0.1) is 0 Å². The predicted octanol–water partition coefficient (Wildman–Crippen LogP) is 5.61. The fourth-order valence-corrected chi connectivity index (χ4v) is 2.72. The summed E-state index contributed by atoms with van der Waals surface area (Å²) in [5.41, 5.74) is 2.37. The number of benzene rings is 1. The summed E-state index contributed by atoms with van der Waals surface area (Å²) in [6, 6.07) is 8.30. The molecule has 1 aliphatic rings. The van der Waals surface area contributed by atoms with Gasteiger partial charge in [0.25, 0.3) is 0 Å². The van der Waals surface area contributed by atoms with Crippen LogP contribution in [0.15, 0.2) is 36.5 Å². The van der Waals surface area contributed by atoms with Crippen molar-refractivity contribution in [1.29, 1.82) is 0 Å². The van der Waals surface area contributed by atoms with E-state index in [9.17, 15) is 13.2 Å². The Labute approximate surface area is 153 Å². The van der Waals surface area contributed by atoms with Crippen molar-refractivity contribution >= 4 is 0 Å². The molecule has 2 heterocycles. The highest BCUT2D eigenvalue weighted by molar-refractivity contribution is 5.69. The SMILES string of the molecule is CC.CC.CNCC1OCc2c(-c3ccnc(C(F)(F)F)c3)cccc21. The molecule has 0 fully saturated rings. The molecule has 0 saturated heterocycles. The second kappa shape index (κ2) is 10.3. The Morgan fingerprint density at radius 2 is 1.85 bits per heavy atom. The Morgan fingerprint density at radius 3 is 2.46 bits per heavy atom. The van der Waals surface area contributed by atoms with Crippen LogP contribution in [0.25, 0.3) is 11.1 Å². The van der Waals surface area contributed by atoms with Crippen LogP contribution in [-0.2, 0) is 17.5 Å². The van der Waals surface area contributed by atoms with Crippen LogP contribution in [0.5, 0.6) is 0 Å². The molecule has 1 unspecified atom stereocenters. The maximum Gasteiger partial charge on any atom is 0.433 e. The molecule has 26 heavy (non-hydrogen) atoms. The van der Waals surface area contributed by atoms with Gasteiger partial charge in [-0.15, -0.1) is 0 Å². The smallest absolute Gasteiger partial charge is 0.367 e. The number of nitrogens with zero attached hydrogens (tertiary/aromatic N) is 1. The van der Waals surface area contributed by atoms with Gasteiger partial charge in [0, 0.05) is 12.7 Å². The molecule has 0 amide bonds. The lowest BCUT2D eigenvalue weighted by atomic mass is 9.95. The van der Waals surface area contributed by atoms with Gasteiger partial charge in [0.05, 0.1) is 12.7 Å². The Hall–Kier alpha value is -1.92. The lowest BCUT2D eigenvalue weighted by Crippen LogP contribution is -2.16. The van der Waals surface area contributed by atoms with Crippen LogP contribution >= 0.6 is 0 Å². The molecule has 1 aromatic heterocycles. The van der Waals surface area contributed by atoms with Crippen LogP contribution < -0.4 is 5.32 Å². The van der Waals surface area contributed by atoms with Crippen molar-refractivity contribution in [3.63, 3.8) is 0 Å². The van der Waals surface area contributed by atoms with Crippen LogP contribution in [0.1, 0.15) is 50.6 Å². The first kappa shape index (κ1) is 22.1. The van der Waals surface area contributed by atoms with Crippen molar-refractivity contribution in [3.05, 3.63) is 53.3 Å². The van der Waals surface area contributed by atoms with E-state index in [1.54, 1.807) is 6.07 Å². The molecule has 2 aromatic rings. The topological polar surface area (TPSA) is 34.1 Å². The van der Waals surface area contributed by atoms with E-state index in [0.29, 0.717) is 18.7 Å². The lowest BCUT2D eigenvalue weighted by Gasteiger charge is -2.12. The molecule has 0 saturated carbocycles. The number of nitrogens with one attached hydrogen (secondary N) is 1. The quantitative estimate of drug-likeness (QED) is 0.764. The van der Waals surface area contributed by atoms with Crippen LogP contribution in [-0.4, -0.2) is 18.6 Å². The third kappa shape index (κ3) is 5.05. The van der Waals surface area contributed by atoms with E-state index in [4.69, 9.17) is 4.74 Å². The monoisotopic (exact) mass is 368 g/mol. The van der Waals surface area contributed by atoms with Gasteiger partial charge in [0.2, 0.25) is 0 Å². The maximum absolute atomic E-state index is 12.8. The van der Waals surface area contributed by atoms with E-state index >= 15 is 0 Å². The van der Waals surface area contributed by atoms with Gasteiger partial charge in [-0.05, 0) is 41.4 Å². The van der Waals surface area contributed by atoms with Crippen molar-refractivity contribution < 1.29 is 17.9 Å². The van der Waals surface area contributed by atoms with Gasteiger partial charge in [0.15, 0.2) is 0 Å². The van der Waals surface area contributed by atoms with Gasteiger partial charge in [-0.3, -0.25) is 4.98 Å². The van der Waals surface area contributed by atoms with Crippen molar-refractivity contribution in [3.8, 4) is 11.1 Å². The minimum atomic E-state index is -4.45. The number of pyridine rings is 1. The first-order valence-corrected chi connectivity index (χ1v) is 8.92. The van der Waals surface area contributed by atoms with Gasteiger partial charge in [-0.25, -0.2) is 0 Å². The molecule has 0 bridgehead atoms. The highest BCUT2D eigenvalue weighted by Gasteiger charge is 2.33. The van der Waals surface area contributed by atoms with E-state index in [1.165, 1.54) is 6.20 Å². The fraction of sp³-hybridized carbons (Fsp3) is 0.450. The molecule has 3 nitrogen and oxygen atoms in total. The van der Waals surface area contributed by atoms with Gasteiger partial charge in [-0.1, -0.05) is 45.9 Å². The Morgan fingerprint density at radius 1 is 1.15 bits per heavy atom. The zero-order chi connectivity index (χ0) is 19.7. The second-order valence-corrected chi connectivity index (χ2v) is 5.16. The number of hydrogen-bond donors (Lipinski definition) is 1. The summed E-state index contributed by atoms with van der Waals surface area (Å²) >= 11 is 0. The number of ether oxygens (including phenoxy) is 1. The zero-order valence-corrected chi connectivity index (χ0v) is 15.9. The molecule has 144 valence electrons. The normalized spacial score (nSPS) is 15.3. The fourth-order valence-electron chi connectivity index (χ4n) is 2.72. The largest absolute Gasteiger partial charge is 0.433 e. The van der Waals surface area contributed by atoms with Crippen LogP contribution in [0.2, 0.25) is 0 Å². The summed E-state index contributed by atoms with van der Waals surface area (Å²) in [6.45, 7) is 9.07. The molecular formula is C20H27F3N2O. The number of likely N-dealkylation sites (N-methyl/N-ethyl adjacent to an activating group) is 1. The molecule has 3 rings (SSSR count). The number of aromatic nitrogens is 1. The van der Waals surface area contributed by atoms with Crippen LogP contribution in [0.3, 0.4) is 0 Å². The molecule has 1 atom stereocenters. The molecule has 0 spiro atoms. The van der Waals surface area contributed by atoms with Crippen molar-refractivity contribution in [2.45, 2.75) is 46.6 Å². The average molecular weight is 368 g/mol. The third-order valence-electron chi connectivity index (χ3n) is 3.74. The number of fused-ring (bicyclic) bond motifs is 1. The molecule has 0 aliphatic carbocycles. The number of hydrogen-bond acceptors (Lipinski definition) is 3. The van der Waals surface area contributed by atoms with Crippen molar-refractivity contribution in [2.75, 3.05) is 13.6 Å². The first-order chi connectivity index (χ1) is 12.5. The highest BCUT2D eigenvalue weighted by atomic mass is 19.4. The summed E-state index contributed by atoms with van der Waals surface area (Å²) in [5.74, 6) is 0. The zero-order valence-electron chi connectivity index (χ0n) is 15.9. The molecule has 6 heteroatoms. The molecule has 1 N–H and O–H groups in total. The van der Waals surface area contributed by atoms with Gasteiger partial charge < -0.3 is 10.1 Å². The van der Waals surface area contributed by atoms with E-state index in [2.05, 4.69) is 10.3 Å². The predicted molar refractivity (Wildman–Crippen MR) is 98.8 cm³/mol. The number of alkyl halides is 3. The van der Waals surface area contributed by atoms with Gasteiger partial charge in [-0.2, -0.15) is 13.2 Å². The lowest BCUT2D eigenvalue weighted by molar-refractivity contribution is -0.141. The minimum absolute atomic E-state index is 0.0659. The van der Waals surface area contributed by atoms with Crippen LogP contribution in [0.4, 0.5) is 13.2 Å². The summed E-state index contributed by atoms with van der Waals surface area (Å²) in [5, 5.41) is 3.06. The van der Waals surface area contributed by atoms with E-state index in [0.717, 1.165) is 22.8 Å². The maximum atomic E-state index is 12.8. The Kier molecular flexibility index (Phi) is 8.75. The molecule has 1 aromatic carbocycles. The average Bonchev–Trinajstić information content (AvgIpc) is 3.08. The minimum Gasteiger partial charge on any atom is -0.367 e. The third-order valence-corrected chi connectivity index (χ3v) is 3.74. The molecule has 0 radical (unpaired) electrons. The van der Waals surface area contributed by atoms with E-state index in [-0.39, 0.29) is 6.10 Å². The highest BCUT2D eigenvalue weighted by Crippen LogP contribution is 2.38. The van der Waals surface area contributed by atoms with Gasteiger partial charge in [0.1, 0.15) is 5.69 Å². The standard InChI is InChI=1S/C16H15F3N2O.2C2H6/c1-20-8-14-12-4-2-3-11(13(12)9-22-14)10-5-6-21-15(7-10)16(17,18)19;2*1-2/h2-7,14,20H,8-9H2,1H3;2*1-2H3. The first-order valence-electron chi connectivity index (χ1n) is 8.92. The number of rotatable bonds is 3. The van der Waals surface area contributed by atoms with Gasteiger partial charge >= 0.3 is 6.18 Å². The van der Waals surface area contributed by atoms with Crippen molar-refractivity contribution in [2.24, 2.45) is 0 Å². The summed E-state index contributed by atoms with van der Waals surface area (Å²) in [4.78, 5) is 3.41. The van der Waals surface area contributed by atoms with E-state index in [1.807, 2.05) is 52.9 Å². The summed E-state index contributed by atoms with van der Waals surface area (Å²) < 4.78 is 44.2. The Balaban J connectivity index is 0.000000791. The summed E-state index contributed by atoms with van der Waals surface area (Å²) in [6.07, 6.45) is -3.32. The summed E-state index contributed by atoms with van der Waals surface area (Å²) in [7, 11) is 1.84. The number of halogens is 3. The van der Waals surface area contributed by atoms with E-state index < -0.39 is 11.9 Å². The Bertz CT molecular complexity index is 687. The molecule has 1 aliphatic heterocycles.